The highest BCUT2D eigenvalue weighted by atomic mass is 14.4. The number of hydrogen-bond donors (Lipinski definition) is 0. The topological polar surface area (TPSA) is 0 Å². The zero-order valence-corrected chi connectivity index (χ0v) is 9.65. The summed E-state index contributed by atoms with van der Waals surface area (Å²) in [7, 11) is 0. The third kappa shape index (κ3) is 1.87. The van der Waals surface area contributed by atoms with Crippen molar-refractivity contribution in [1.82, 2.24) is 0 Å². The first kappa shape index (κ1) is 10.6. The fraction of sp³-hybridized carbons (Fsp3) is 0.692. The van der Waals surface area contributed by atoms with E-state index in [1.54, 1.807) is 11.1 Å². The van der Waals surface area contributed by atoms with Crippen LogP contribution in [-0.4, -0.2) is 0 Å². The molecule has 0 aromatic carbocycles. The highest BCUT2D eigenvalue weighted by Gasteiger charge is 2.32. The third-order valence-electron chi connectivity index (χ3n) is 3.67. The molecule has 1 aliphatic carbocycles. The van der Waals surface area contributed by atoms with Gasteiger partial charge >= 0.3 is 0 Å². The van der Waals surface area contributed by atoms with Gasteiger partial charge in [0, 0.05) is 0 Å². The van der Waals surface area contributed by atoms with Crippen molar-refractivity contribution in [3.05, 3.63) is 23.3 Å². The molecule has 0 bridgehead atoms. The summed E-state index contributed by atoms with van der Waals surface area (Å²) in [5, 5.41) is 0. The van der Waals surface area contributed by atoms with Gasteiger partial charge in [-0.3, -0.25) is 0 Å². The zero-order chi connectivity index (χ0) is 10.1. The van der Waals surface area contributed by atoms with Crippen molar-refractivity contribution in [3.63, 3.8) is 0 Å². The summed E-state index contributed by atoms with van der Waals surface area (Å²) in [5.74, 6) is 0.808. The van der Waals surface area contributed by atoms with Crippen molar-refractivity contribution in [2.45, 2.75) is 47.5 Å². The Morgan fingerprint density at radius 1 is 1.38 bits per heavy atom. The number of rotatable bonds is 1. The van der Waals surface area contributed by atoms with Crippen LogP contribution in [0.25, 0.3) is 0 Å². The molecule has 1 aliphatic rings. The minimum absolute atomic E-state index is 0.370. The van der Waals surface area contributed by atoms with Gasteiger partial charge in [-0.15, -0.1) is 0 Å². The average Bonchev–Trinajstić information content (AvgIpc) is 2.06. The molecule has 0 heteroatoms. The van der Waals surface area contributed by atoms with Crippen molar-refractivity contribution in [2.75, 3.05) is 0 Å². The van der Waals surface area contributed by atoms with Crippen LogP contribution in [0.3, 0.4) is 0 Å². The van der Waals surface area contributed by atoms with Crippen LogP contribution in [0.5, 0.6) is 0 Å². The predicted octanol–water partition coefficient (Wildman–Crippen LogP) is 4.34. The van der Waals surface area contributed by atoms with Gasteiger partial charge in [0.15, 0.2) is 0 Å². The van der Waals surface area contributed by atoms with Crippen molar-refractivity contribution >= 4 is 0 Å². The molecule has 74 valence electrons. The van der Waals surface area contributed by atoms with Gasteiger partial charge in [0.1, 0.15) is 0 Å². The first-order chi connectivity index (χ1) is 6.00. The van der Waals surface area contributed by atoms with Gasteiger partial charge in [0.2, 0.25) is 0 Å². The van der Waals surface area contributed by atoms with Gasteiger partial charge < -0.3 is 0 Å². The molecule has 0 amide bonds. The normalized spacial score (nSPS) is 28.5. The second-order valence-corrected chi connectivity index (χ2v) is 4.86. The molecule has 13 heavy (non-hydrogen) atoms. The van der Waals surface area contributed by atoms with Gasteiger partial charge in [-0.2, -0.15) is 0 Å². The third-order valence-corrected chi connectivity index (χ3v) is 3.67. The largest absolute Gasteiger partial charge is 0.0874 e. The smallest absolute Gasteiger partial charge is 0.00785 e. The lowest BCUT2D eigenvalue weighted by Gasteiger charge is -2.39. The molecule has 1 atom stereocenters. The maximum atomic E-state index is 2.37. The molecule has 1 rings (SSSR count). The molecule has 0 aromatic heterocycles. The van der Waals surface area contributed by atoms with E-state index in [9.17, 15) is 0 Å². The van der Waals surface area contributed by atoms with Gasteiger partial charge in [-0.25, -0.2) is 0 Å². The van der Waals surface area contributed by atoms with Crippen LogP contribution in [-0.2, 0) is 0 Å². The standard InChI is InChI=1S/C13H22/c1-6-7-12-10(2)8-9-11(3)13(12,4)5/h6-7,11H,8-9H2,1-5H3. The molecule has 0 aromatic rings. The Bertz CT molecular complexity index is 241. The Balaban J connectivity index is 3.08. The SMILES string of the molecule is CC=CC1=C(C)CCC(C)C1(C)C. The Morgan fingerprint density at radius 3 is 2.54 bits per heavy atom. The lowest BCUT2D eigenvalue weighted by atomic mass is 9.66. The maximum absolute atomic E-state index is 2.37. The number of allylic oxidation sites excluding steroid dienone is 4. The molecule has 0 aliphatic heterocycles. The molecule has 0 saturated heterocycles. The van der Waals surface area contributed by atoms with Crippen LogP contribution >= 0.6 is 0 Å². The van der Waals surface area contributed by atoms with Crippen LogP contribution in [0, 0.1) is 11.3 Å². The molecule has 0 nitrogen and oxygen atoms in total. The van der Waals surface area contributed by atoms with Crippen LogP contribution in [0.4, 0.5) is 0 Å². The summed E-state index contributed by atoms with van der Waals surface area (Å²) in [6.07, 6.45) is 7.09. The minimum Gasteiger partial charge on any atom is -0.0874 e. The van der Waals surface area contributed by atoms with Gasteiger partial charge in [0.05, 0.1) is 0 Å². The summed E-state index contributed by atoms with van der Waals surface area (Å²) in [6, 6.07) is 0. The fourth-order valence-corrected chi connectivity index (χ4v) is 2.27. The quantitative estimate of drug-likeness (QED) is 0.560. The Hall–Kier alpha value is -0.520. The van der Waals surface area contributed by atoms with E-state index in [0.717, 1.165) is 5.92 Å². The lowest BCUT2D eigenvalue weighted by Crippen LogP contribution is -2.27. The van der Waals surface area contributed by atoms with Crippen molar-refractivity contribution < 1.29 is 0 Å². The van der Waals surface area contributed by atoms with Crippen LogP contribution < -0.4 is 0 Å². The maximum Gasteiger partial charge on any atom is -0.00785 e. The molecule has 0 spiro atoms. The molecule has 0 fully saturated rings. The van der Waals surface area contributed by atoms with Crippen molar-refractivity contribution in [3.8, 4) is 0 Å². The van der Waals surface area contributed by atoms with Crippen LogP contribution in [0.15, 0.2) is 23.3 Å². The van der Waals surface area contributed by atoms with E-state index in [2.05, 4.69) is 46.8 Å². The van der Waals surface area contributed by atoms with Crippen LogP contribution in [0.1, 0.15) is 47.5 Å². The average molecular weight is 178 g/mol. The van der Waals surface area contributed by atoms with Gasteiger partial charge in [0.25, 0.3) is 0 Å². The van der Waals surface area contributed by atoms with Gasteiger partial charge in [-0.05, 0) is 43.6 Å². The second-order valence-electron chi connectivity index (χ2n) is 4.86. The van der Waals surface area contributed by atoms with Gasteiger partial charge in [-0.1, -0.05) is 38.5 Å². The zero-order valence-electron chi connectivity index (χ0n) is 9.65. The lowest BCUT2D eigenvalue weighted by molar-refractivity contribution is 0.256. The predicted molar refractivity (Wildman–Crippen MR) is 59.7 cm³/mol. The van der Waals surface area contributed by atoms with E-state index < -0.39 is 0 Å². The Labute approximate surface area is 82.7 Å². The van der Waals surface area contributed by atoms with E-state index in [4.69, 9.17) is 0 Å². The monoisotopic (exact) mass is 178 g/mol. The Morgan fingerprint density at radius 2 is 2.00 bits per heavy atom. The summed E-state index contributed by atoms with van der Waals surface area (Å²) in [6.45, 7) is 11.5. The second kappa shape index (κ2) is 3.69. The molecule has 0 N–H and O–H groups in total. The summed E-state index contributed by atoms with van der Waals surface area (Å²) >= 11 is 0. The fourth-order valence-electron chi connectivity index (χ4n) is 2.27. The summed E-state index contributed by atoms with van der Waals surface area (Å²) < 4.78 is 0. The highest BCUT2D eigenvalue weighted by Crippen LogP contribution is 2.44. The molecule has 0 radical (unpaired) electrons. The summed E-state index contributed by atoms with van der Waals surface area (Å²) in [5.41, 5.74) is 3.52. The highest BCUT2D eigenvalue weighted by molar-refractivity contribution is 5.33. The molecular formula is C13H22. The van der Waals surface area contributed by atoms with E-state index in [-0.39, 0.29) is 0 Å². The molecular weight excluding hydrogens is 156 g/mol. The minimum atomic E-state index is 0.370. The van der Waals surface area contributed by atoms with E-state index >= 15 is 0 Å². The van der Waals surface area contributed by atoms with Crippen LogP contribution in [0.2, 0.25) is 0 Å². The first-order valence-corrected chi connectivity index (χ1v) is 5.33. The Kier molecular flexibility index (Phi) is 3.00. The molecule has 0 saturated carbocycles. The molecule has 0 heterocycles. The van der Waals surface area contributed by atoms with E-state index in [0.29, 0.717) is 5.41 Å². The first-order valence-electron chi connectivity index (χ1n) is 5.33. The van der Waals surface area contributed by atoms with Crippen molar-refractivity contribution in [1.29, 1.82) is 0 Å². The van der Waals surface area contributed by atoms with Crippen molar-refractivity contribution in [2.24, 2.45) is 11.3 Å². The molecule has 1 unspecified atom stereocenters. The summed E-state index contributed by atoms with van der Waals surface area (Å²) in [4.78, 5) is 0. The van der Waals surface area contributed by atoms with E-state index in [1.807, 2.05) is 0 Å². The number of hydrogen-bond acceptors (Lipinski definition) is 0. The van der Waals surface area contributed by atoms with E-state index in [1.165, 1.54) is 12.8 Å².